The molecule has 0 aromatic heterocycles. The minimum atomic E-state index is -1.82. The molecule has 0 bridgehead atoms. The monoisotopic (exact) mass is 816 g/mol. The lowest BCUT2D eigenvalue weighted by molar-refractivity contribution is -0.144. The number of amides is 7. The summed E-state index contributed by atoms with van der Waals surface area (Å²) in [5.74, 6) is -5.93. The fourth-order valence-corrected chi connectivity index (χ4v) is 5.79. The second kappa shape index (κ2) is 30.2. The molecular formula is C36H70BN9O11. The third kappa shape index (κ3) is 23.8. The molecule has 0 aliphatic rings. The molecule has 21 heteroatoms. The Morgan fingerprint density at radius 1 is 0.667 bits per heavy atom. The van der Waals surface area contributed by atoms with Gasteiger partial charge in [-0.2, -0.15) is 0 Å². The van der Waals surface area contributed by atoms with E-state index in [2.05, 4.69) is 38.8 Å². The van der Waals surface area contributed by atoms with Gasteiger partial charge < -0.3 is 68.5 Å². The van der Waals surface area contributed by atoms with E-state index in [0.29, 0.717) is 6.42 Å². The molecule has 0 spiro atoms. The Bertz CT molecular complexity index is 1250. The summed E-state index contributed by atoms with van der Waals surface area (Å²) in [7, 11) is -0.672. The highest BCUT2D eigenvalue weighted by atomic mass is 16.4. The number of aliphatic hydroxyl groups excluding tert-OH is 2. The zero-order valence-corrected chi connectivity index (χ0v) is 34.4. The lowest BCUT2D eigenvalue weighted by Crippen LogP contribution is -2.62. The summed E-state index contributed by atoms with van der Waals surface area (Å²) in [6.45, 7) is 5.78. The number of hydrogen-bond donors (Lipinski definition) is 12. The van der Waals surface area contributed by atoms with Gasteiger partial charge in [-0.1, -0.05) is 85.0 Å². The van der Waals surface area contributed by atoms with Crippen LogP contribution in [0, 0.1) is 5.92 Å². The number of likely N-dealkylation sites (N-methyl/N-ethyl adjacent to an activating group) is 1. The van der Waals surface area contributed by atoms with Gasteiger partial charge in [-0.05, 0) is 32.1 Å². The van der Waals surface area contributed by atoms with Crippen molar-refractivity contribution in [3.63, 3.8) is 0 Å². The fraction of sp³-hybridized carbons (Fsp3) is 0.806. The van der Waals surface area contributed by atoms with Crippen molar-refractivity contribution in [3.05, 3.63) is 0 Å². The van der Waals surface area contributed by atoms with Gasteiger partial charge in [-0.15, -0.1) is 0 Å². The summed E-state index contributed by atoms with van der Waals surface area (Å²) in [6, 6.07) is -3.91. The van der Waals surface area contributed by atoms with Gasteiger partial charge in [0.1, 0.15) is 18.1 Å². The number of nitrogens with one attached hydrogen (secondary N) is 6. The molecule has 57 heavy (non-hydrogen) atoms. The van der Waals surface area contributed by atoms with E-state index in [0.717, 1.165) is 31.2 Å². The summed E-state index contributed by atoms with van der Waals surface area (Å²) in [5, 5.41) is 51.7. The first-order chi connectivity index (χ1) is 26.9. The Hall–Kier alpha value is -3.89. The molecule has 6 atom stereocenters. The van der Waals surface area contributed by atoms with Gasteiger partial charge in [0.2, 0.25) is 29.5 Å². The van der Waals surface area contributed by atoms with Crippen LogP contribution in [0.15, 0.2) is 0 Å². The zero-order chi connectivity index (χ0) is 43.5. The largest absolute Gasteiger partial charge is 0.472 e. The molecule has 0 saturated carbocycles. The Balaban J connectivity index is 5.01. The molecule has 0 aliphatic heterocycles. The van der Waals surface area contributed by atoms with Crippen LogP contribution in [-0.4, -0.2) is 137 Å². The van der Waals surface area contributed by atoms with Crippen LogP contribution >= 0.6 is 0 Å². The van der Waals surface area contributed by atoms with Crippen molar-refractivity contribution in [2.24, 2.45) is 17.4 Å². The van der Waals surface area contributed by atoms with Crippen LogP contribution in [0.1, 0.15) is 118 Å². The lowest BCUT2D eigenvalue weighted by atomic mass is 9.92. The summed E-state index contributed by atoms with van der Waals surface area (Å²) in [5.41, 5.74) is 11.7. The molecular weight excluding hydrogens is 745 g/mol. The van der Waals surface area contributed by atoms with Crippen molar-refractivity contribution in [2.45, 2.75) is 154 Å². The van der Waals surface area contributed by atoms with Gasteiger partial charge in [0.15, 0.2) is 12.3 Å². The van der Waals surface area contributed by atoms with Crippen molar-refractivity contribution >= 4 is 48.5 Å². The summed E-state index contributed by atoms with van der Waals surface area (Å²) < 4.78 is 0. The van der Waals surface area contributed by atoms with Crippen molar-refractivity contribution in [1.29, 1.82) is 0 Å². The first kappa shape index (κ1) is 53.1. The lowest BCUT2D eigenvalue weighted by Gasteiger charge is -2.30. The van der Waals surface area contributed by atoms with E-state index in [-0.39, 0.29) is 31.1 Å². The normalized spacial score (nSPS) is 14.2. The predicted molar refractivity (Wildman–Crippen MR) is 213 cm³/mol. The van der Waals surface area contributed by atoms with E-state index in [1.54, 1.807) is 13.8 Å². The summed E-state index contributed by atoms with van der Waals surface area (Å²) in [6.07, 6.45) is 7.11. The van der Waals surface area contributed by atoms with Crippen LogP contribution in [0.5, 0.6) is 0 Å². The quantitative estimate of drug-likeness (QED) is 0.0193. The Morgan fingerprint density at radius 2 is 1.19 bits per heavy atom. The Kier molecular flexibility index (Phi) is 28.2. The topological polar surface area (TPSA) is 328 Å². The smallest absolute Gasteiger partial charge is 0.426 e. The van der Waals surface area contributed by atoms with Crippen LogP contribution in [0.2, 0.25) is 0 Å². The predicted octanol–water partition coefficient (Wildman–Crippen LogP) is -2.66. The number of aliphatic hydroxyl groups is 2. The van der Waals surface area contributed by atoms with E-state index < -0.39 is 98.7 Å². The van der Waals surface area contributed by atoms with E-state index in [9.17, 15) is 43.8 Å². The Morgan fingerprint density at radius 3 is 1.70 bits per heavy atom. The van der Waals surface area contributed by atoms with Crippen LogP contribution in [-0.2, 0) is 33.6 Å². The van der Waals surface area contributed by atoms with E-state index in [1.165, 1.54) is 51.9 Å². The maximum atomic E-state index is 13.1. The number of unbranched alkanes of at least 4 members (excludes halogenated alkanes) is 10. The minimum absolute atomic E-state index is 0.0823. The van der Waals surface area contributed by atoms with E-state index in [1.807, 2.05) is 0 Å². The third-order valence-corrected chi connectivity index (χ3v) is 8.99. The van der Waals surface area contributed by atoms with Crippen molar-refractivity contribution < 1.29 is 53.8 Å². The highest BCUT2D eigenvalue weighted by Crippen LogP contribution is 2.12. The number of carbonyl (C=O) groups excluding carboxylic acids is 7. The molecule has 0 aliphatic carbocycles. The molecule has 20 nitrogen and oxygen atoms in total. The number of nitrogens with zero attached hydrogens (tertiary/aromatic N) is 1. The molecule has 14 N–H and O–H groups in total. The van der Waals surface area contributed by atoms with Gasteiger partial charge in [0.25, 0.3) is 11.8 Å². The third-order valence-electron chi connectivity index (χ3n) is 8.99. The standard InChI is InChI=1S/C36H70BN9O11/c1-6-7-8-9-10-11-12-13-14-15-16-17-27(49)42-25(18-19-47)33(52)44-30(38)35(54)40-21-28(50)46(5)29(24(4)48)34(53)45-31(39)36(55)43-26(20-23(2)3)32(51)41-22-37(56)57/h23-26,29-31,47-48,56-57H,6-22,38-39H2,1-5H3,(H,40,54)(H,41,51)(H,42,49)(H,43,55)(H,44,52)(H,45,53)/t24?,25-,26+,29+,30+,31-/m1/s1. The van der Waals surface area contributed by atoms with Gasteiger partial charge in [0.05, 0.1) is 19.1 Å². The first-order valence-electron chi connectivity index (χ1n) is 20.0. The minimum Gasteiger partial charge on any atom is -0.426 e. The first-order valence-corrected chi connectivity index (χ1v) is 20.0. The summed E-state index contributed by atoms with van der Waals surface area (Å²) >= 11 is 0. The molecule has 328 valence electrons. The highest BCUT2D eigenvalue weighted by Gasteiger charge is 2.34. The van der Waals surface area contributed by atoms with Gasteiger partial charge in [0, 0.05) is 20.1 Å². The molecule has 0 heterocycles. The second-order valence-corrected chi connectivity index (χ2v) is 14.7. The van der Waals surface area contributed by atoms with Crippen LogP contribution in [0.3, 0.4) is 0 Å². The molecule has 0 saturated heterocycles. The number of nitrogens with two attached hydrogens (primary N) is 2. The number of rotatable bonds is 31. The molecule has 1 unspecified atom stereocenters. The highest BCUT2D eigenvalue weighted by molar-refractivity contribution is 6.41. The molecule has 0 rings (SSSR count). The number of carbonyl (C=O) groups is 7. The van der Waals surface area contributed by atoms with Gasteiger partial charge in [-0.25, -0.2) is 0 Å². The molecule has 0 aromatic carbocycles. The van der Waals surface area contributed by atoms with Crippen LogP contribution < -0.4 is 43.4 Å². The van der Waals surface area contributed by atoms with E-state index in [4.69, 9.17) is 21.5 Å². The number of hydrogen-bond acceptors (Lipinski definition) is 13. The van der Waals surface area contributed by atoms with E-state index >= 15 is 0 Å². The molecule has 0 radical (unpaired) electrons. The van der Waals surface area contributed by atoms with Gasteiger partial charge in [-0.3, -0.25) is 33.6 Å². The Labute approximate surface area is 336 Å². The fourth-order valence-electron chi connectivity index (χ4n) is 5.79. The van der Waals surface area contributed by atoms with Gasteiger partial charge >= 0.3 is 7.12 Å². The van der Waals surface area contributed by atoms with Crippen LogP contribution in [0.25, 0.3) is 0 Å². The summed E-state index contributed by atoms with van der Waals surface area (Å²) in [4.78, 5) is 90.1. The van der Waals surface area contributed by atoms with Crippen molar-refractivity contribution in [1.82, 2.24) is 36.8 Å². The average molecular weight is 816 g/mol. The molecule has 0 aromatic rings. The second-order valence-electron chi connectivity index (χ2n) is 14.7. The molecule has 0 fully saturated rings. The average Bonchev–Trinajstić information content (AvgIpc) is 3.13. The SMILES string of the molecule is CCCCCCCCCCCCCC(=O)N[C@H](CCO)C(=O)N[C@H](N)C(=O)NCC(=O)N(C)[C@H](C(=O)N[C@@H](N)C(=O)N[C@@H](CC(C)C)C(=O)NCB(O)O)C(C)O. The maximum Gasteiger partial charge on any atom is 0.472 e. The molecule has 7 amide bonds. The van der Waals surface area contributed by atoms with Crippen molar-refractivity contribution in [3.8, 4) is 0 Å². The zero-order valence-electron chi connectivity index (χ0n) is 34.4. The maximum absolute atomic E-state index is 13.1. The van der Waals surface area contributed by atoms with Crippen molar-refractivity contribution in [2.75, 3.05) is 26.6 Å². The van der Waals surface area contributed by atoms with Crippen LogP contribution in [0.4, 0.5) is 0 Å².